The van der Waals surface area contributed by atoms with Gasteiger partial charge in [0.05, 0.1) is 19.1 Å². The largest absolute Gasteiger partial charge is 0.352 e. The molecule has 2 aliphatic carbocycles. The van der Waals surface area contributed by atoms with Gasteiger partial charge in [0.2, 0.25) is 11.8 Å². The van der Waals surface area contributed by atoms with Crippen LogP contribution in [0.15, 0.2) is 18.2 Å². The monoisotopic (exact) mass is 398 g/mol. The van der Waals surface area contributed by atoms with Gasteiger partial charge in [-0.05, 0) is 62.1 Å². The van der Waals surface area contributed by atoms with E-state index in [0.717, 1.165) is 45.4 Å². The Morgan fingerprint density at radius 3 is 2.24 bits per heavy atom. The summed E-state index contributed by atoms with van der Waals surface area (Å²) in [7, 11) is 0. The van der Waals surface area contributed by atoms with Crippen molar-refractivity contribution in [1.82, 2.24) is 20.4 Å². The predicted octanol–water partition coefficient (Wildman–Crippen LogP) is 1.64. The Kier molecular flexibility index (Phi) is 6.50. The SMILES string of the molecule is CC(NC(=O)CN1CCN(CC(=O)NC2CC2)CC1)c1ccc2c(c1)CCCC2. The number of hydrogen-bond acceptors (Lipinski definition) is 4. The summed E-state index contributed by atoms with van der Waals surface area (Å²) in [6.07, 6.45) is 7.15. The number of rotatable bonds is 7. The van der Waals surface area contributed by atoms with Crippen molar-refractivity contribution in [3.63, 3.8) is 0 Å². The van der Waals surface area contributed by atoms with Gasteiger partial charge in [0, 0.05) is 32.2 Å². The molecule has 1 aromatic carbocycles. The molecule has 1 heterocycles. The van der Waals surface area contributed by atoms with Gasteiger partial charge in [0.25, 0.3) is 0 Å². The van der Waals surface area contributed by atoms with Crippen LogP contribution >= 0.6 is 0 Å². The fraction of sp³-hybridized carbons (Fsp3) is 0.652. The molecule has 0 spiro atoms. The van der Waals surface area contributed by atoms with E-state index in [4.69, 9.17) is 0 Å². The molecule has 0 bridgehead atoms. The lowest BCUT2D eigenvalue weighted by Gasteiger charge is -2.34. The molecule has 2 N–H and O–H groups in total. The van der Waals surface area contributed by atoms with Gasteiger partial charge in [-0.1, -0.05) is 18.2 Å². The first-order valence-electron chi connectivity index (χ1n) is 11.2. The first kappa shape index (κ1) is 20.4. The standard InChI is InChI=1S/C23H34N4O2/c1-17(19-7-6-18-4-2-3-5-20(18)14-19)24-22(28)15-26-10-12-27(13-11-26)16-23(29)25-21-8-9-21/h6-7,14,17,21H,2-5,8-13,15-16H2,1H3,(H,24,28)(H,25,29). The second-order valence-corrected chi connectivity index (χ2v) is 8.92. The number of carbonyl (C=O) groups is 2. The van der Waals surface area contributed by atoms with Crippen LogP contribution in [0.2, 0.25) is 0 Å². The molecule has 2 fully saturated rings. The molecule has 0 aromatic heterocycles. The van der Waals surface area contributed by atoms with Gasteiger partial charge in [0.15, 0.2) is 0 Å². The minimum atomic E-state index is 0.0298. The molecule has 0 radical (unpaired) electrons. The molecule has 1 atom stereocenters. The smallest absolute Gasteiger partial charge is 0.234 e. The molecule has 1 saturated heterocycles. The fourth-order valence-corrected chi connectivity index (χ4v) is 4.41. The number of nitrogens with zero attached hydrogens (tertiary/aromatic N) is 2. The number of aryl methyl sites for hydroxylation is 2. The van der Waals surface area contributed by atoms with E-state index < -0.39 is 0 Å². The normalized spacial score (nSPS) is 21.3. The molecule has 1 aliphatic heterocycles. The van der Waals surface area contributed by atoms with Gasteiger partial charge in [-0.25, -0.2) is 0 Å². The van der Waals surface area contributed by atoms with Crippen molar-refractivity contribution in [3.8, 4) is 0 Å². The summed E-state index contributed by atoms with van der Waals surface area (Å²) in [4.78, 5) is 28.8. The average molecular weight is 399 g/mol. The van der Waals surface area contributed by atoms with Gasteiger partial charge in [-0.15, -0.1) is 0 Å². The van der Waals surface area contributed by atoms with Crippen LogP contribution in [0.25, 0.3) is 0 Å². The minimum absolute atomic E-state index is 0.0298. The van der Waals surface area contributed by atoms with Crippen LogP contribution in [-0.4, -0.2) is 66.9 Å². The Balaban J connectivity index is 1.19. The second-order valence-electron chi connectivity index (χ2n) is 8.92. The van der Waals surface area contributed by atoms with Gasteiger partial charge in [0.1, 0.15) is 0 Å². The van der Waals surface area contributed by atoms with E-state index in [-0.39, 0.29) is 17.9 Å². The molecular formula is C23H34N4O2. The lowest BCUT2D eigenvalue weighted by Crippen LogP contribution is -2.51. The highest BCUT2D eigenvalue weighted by Gasteiger charge is 2.26. The number of carbonyl (C=O) groups excluding carboxylic acids is 2. The molecule has 2 amide bonds. The summed E-state index contributed by atoms with van der Waals surface area (Å²) in [6, 6.07) is 7.14. The lowest BCUT2D eigenvalue weighted by molar-refractivity contribution is -0.125. The van der Waals surface area contributed by atoms with Crippen LogP contribution in [0.5, 0.6) is 0 Å². The van der Waals surface area contributed by atoms with Crippen molar-refractivity contribution in [2.75, 3.05) is 39.3 Å². The number of hydrogen-bond donors (Lipinski definition) is 2. The highest BCUT2D eigenvalue weighted by Crippen LogP contribution is 2.24. The molecule has 3 aliphatic rings. The van der Waals surface area contributed by atoms with Crippen molar-refractivity contribution < 1.29 is 9.59 Å². The summed E-state index contributed by atoms with van der Waals surface area (Å²) in [6.45, 7) is 6.31. The molecule has 158 valence electrons. The topological polar surface area (TPSA) is 64.7 Å². The molecule has 4 rings (SSSR count). The maximum atomic E-state index is 12.5. The number of piperazine rings is 1. The minimum Gasteiger partial charge on any atom is -0.352 e. The van der Waals surface area contributed by atoms with Crippen LogP contribution in [0.1, 0.15) is 55.3 Å². The van der Waals surface area contributed by atoms with E-state index in [1.165, 1.54) is 36.0 Å². The summed E-state index contributed by atoms with van der Waals surface area (Å²) >= 11 is 0. The van der Waals surface area contributed by atoms with Crippen LogP contribution < -0.4 is 10.6 Å². The quantitative estimate of drug-likeness (QED) is 0.733. The Bertz CT molecular complexity index is 738. The summed E-state index contributed by atoms with van der Waals surface area (Å²) < 4.78 is 0. The molecule has 6 heteroatoms. The molecular weight excluding hydrogens is 364 g/mol. The molecule has 1 saturated carbocycles. The van der Waals surface area contributed by atoms with E-state index in [1.807, 2.05) is 0 Å². The lowest BCUT2D eigenvalue weighted by atomic mass is 9.89. The number of benzene rings is 1. The third-order valence-corrected chi connectivity index (χ3v) is 6.39. The summed E-state index contributed by atoms with van der Waals surface area (Å²) in [5.41, 5.74) is 4.13. The van der Waals surface area contributed by atoms with Crippen LogP contribution in [0, 0.1) is 0 Å². The third-order valence-electron chi connectivity index (χ3n) is 6.39. The maximum absolute atomic E-state index is 12.5. The average Bonchev–Trinajstić information content (AvgIpc) is 3.53. The summed E-state index contributed by atoms with van der Waals surface area (Å²) in [5, 5.41) is 6.21. The third kappa shape index (κ3) is 5.80. The van der Waals surface area contributed by atoms with E-state index in [1.54, 1.807) is 0 Å². The number of nitrogens with one attached hydrogen (secondary N) is 2. The Hall–Kier alpha value is -1.92. The van der Waals surface area contributed by atoms with Crippen LogP contribution in [0.3, 0.4) is 0 Å². The van der Waals surface area contributed by atoms with Crippen molar-refractivity contribution in [3.05, 3.63) is 34.9 Å². The Labute approximate surface area is 174 Å². The van der Waals surface area contributed by atoms with Crippen LogP contribution in [-0.2, 0) is 22.4 Å². The van der Waals surface area contributed by atoms with E-state index in [9.17, 15) is 9.59 Å². The molecule has 1 aromatic rings. The number of amides is 2. The van der Waals surface area contributed by atoms with Crippen molar-refractivity contribution in [2.24, 2.45) is 0 Å². The van der Waals surface area contributed by atoms with Crippen molar-refractivity contribution >= 4 is 11.8 Å². The second kappa shape index (κ2) is 9.26. The highest BCUT2D eigenvalue weighted by atomic mass is 16.2. The predicted molar refractivity (Wildman–Crippen MR) is 114 cm³/mol. The maximum Gasteiger partial charge on any atom is 0.234 e. The van der Waals surface area contributed by atoms with Crippen molar-refractivity contribution in [2.45, 2.75) is 57.5 Å². The van der Waals surface area contributed by atoms with Gasteiger partial charge < -0.3 is 10.6 Å². The zero-order valence-electron chi connectivity index (χ0n) is 17.6. The zero-order valence-corrected chi connectivity index (χ0v) is 17.6. The fourth-order valence-electron chi connectivity index (χ4n) is 4.41. The van der Waals surface area contributed by atoms with E-state index >= 15 is 0 Å². The zero-order chi connectivity index (χ0) is 20.2. The Morgan fingerprint density at radius 1 is 0.966 bits per heavy atom. The number of fused-ring (bicyclic) bond motifs is 1. The van der Waals surface area contributed by atoms with Crippen LogP contribution in [0.4, 0.5) is 0 Å². The van der Waals surface area contributed by atoms with Crippen molar-refractivity contribution in [1.29, 1.82) is 0 Å². The molecule has 6 nitrogen and oxygen atoms in total. The molecule has 1 unspecified atom stereocenters. The first-order chi connectivity index (χ1) is 14.1. The van der Waals surface area contributed by atoms with Gasteiger partial charge >= 0.3 is 0 Å². The van der Waals surface area contributed by atoms with E-state index in [0.29, 0.717) is 19.1 Å². The van der Waals surface area contributed by atoms with Gasteiger partial charge in [-0.3, -0.25) is 19.4 Å². The van der Waals surface area contributed by atoms with Gasteiger partial charge in [-0.2, -0.15) is 0 Å². The first-order valence-corrected chi connectivity index (χ1v) is 11.2. The van der Waals surface area contributed by atoms with E-state index in [2.05, 4.69) is 45.6 Å². The Morgan fingerprint density at radius 2 is 1.59 bits per heavy atom. The molecule has 29 heavy (non-hydrogen) atoms. The summed E-state index contributed by atoms with van der Waals surface area (Å²) in [5.74, 6) is 0.215. The highest BCUT2D eigenvalue weighted by molar-refractivity contribution is 5.79.